The maximum absolute atomic E-state index is 13.3. The van der Waals surface area contributed by atoms with Gasteiger partial charge in [0.1, 0.15) is 6.67 Å². The number of alkyl halides is 1. The number of benzene rings is 1. The minimum Gasteiger partial charge on any atom is -0.314 e. The number of hydrogen-bond acceptors (Lipinski definition) is 2. The van der Waals surface area contributed by atoms with Gasteiger partial charge < -0.3 is 5.32 Å². The number of piperazine rings is 1. The van der Waals surface area contributed by atoms with Gasteiger partial charge in [-0.05, 0) is 11.6 Å². The Kier molecular flexibility index (Phi) is 6.67. The Balaban J connectivity index is 0.00000162. The second kappa shape index (κ2) is 7.51. The van der Waals surface area contributed by atoms with Crippen LogP contribution < -0.4 is 5.32 Å². The van der Waals surface area contributed by atoms with E-state index in [9.17, 15) is 4.39 Å². The molecule has 1 atom stereocenters. The van der Waals surface area contributed by atoms with Crippen molar-refractivity contribution < 1.29 is 4.39 Å². The van der Waals surface area contributed by atoms with Crippen molar-refractivity contribution in [3.05, 3.63) is 33.8 Å². The van der Waals surface area contributed by atoms with Crippen LogP contribution in [-0.2, 0) is 0 Å². The minimum atomic E-state index is -0.444. The fourth-order valence-corrected chi connectivity index (χ4v) is 2.58. The van der Waals surface area contributed by atoms with Gasteiger partial charge in [-0.2, -0.15) is 0 Å². The molecule has 0 aliphatic carbocycles. The first-order valence-corrected chi connectivity index (χ1v) is 6.44. The van der Waals surface area contributed by atoms with E-state index in [1.165, 1.54) is 0 Å². The standard InChI is InChI=1S/C12H15Cl2FN2.ClH/c13-10-3-1-2-9(12(10)14)11(8-15)17-6-4-16-5-7-17;/h1-3,11,16H,4-8H2;1H/t11-;/m0./s1. The van der Waals surface area contributed by atoms with E-state index in [0.717, 1.165) is 31.7 Å². The Morgan fingerprint density at radius 1 is 1.28 bits per heavy atom. The zero-order valence-corrected chi connectivity index (χ0v) is 12.2. The van der Waals surface area contributed by atoms with Crippen LogP contribution in [0.4, 0.5) is 4.39 Å². The quantitative estimate of drug-likeness (QED) is 0.921. The summed E-state index contributed by atoms with van der Waals surface area (Å²) in [6.45, 7) is 2.98. The van der Waals surface area contributed by atoms with Crippen molar-refractivity contribution in [1.82, 2.24) is 10.2 Å². The summed E-state index contributed by atoms with van der Waals surface area (Å²) in [5.41, 5.74) is 0.781. The zero-order chi connectivity index (χ0) is 12.3. The second-order valence-corrected chi connectivity index (χ2v) is 4.88. The first-order valence-electron chi connectivity index (χ1n) is 5.68. The Hall–Kier alpha value is -0.0600. The van der Waals surface area contributed by atoms with Crippen LogP contribution in [0, 0.1) is 0 Å². The van der Waals surface area contributed by atoms with Crippen molar-refractivity contribution in [3.8, 4) is 0 Å². The SMILES string of the molecule is Cl.FC[C@@H](c1cccc(Cl)c1Cl)N1CCNCC1. The number of hydrogen-bond donors (Lipinski definition) is 1. The van der Waals surface area contributed by atoms with Crippen LogP contribution in [0.1, 0.15) is 11.6 Å². The summed E-state index contributed by atoms with van der Waals surface area (Å²) in [5.74, 6) is 0. The molecule has 1 heterocycles. The van der Waals surface area contributed by atoms with Crippen LogP contribution in [-0.4, -0.2) is 37.8 Å². The summed E-state index contributed by atoms with van der Waals surface area (Å²) < 4.78 is 13.3. The van der Waals surface area contributed by atoms with E-state index in [0.29, 0.717) is 10.0 Å². The molecule has 1 aromatic carbocycles. The van der Waals surface area contributed by atoms with Crippen LogP contribution >= 0.6 is 35.6 Å². The molecule has 0 bridgehead atoms. The molecule has 1 fully saturated rings. The van der Waals surface area contributed by atoms with E-state index in [4.69, 9.17) is 23.2 Å². The van der Waals surface area contributed by atoms with Gasteiger partial charge in [0, 0.05) is 26.2 Å². The molecule has 0 radical (unpaired) electrons. The maximum Gasteiger partial charge on any atom is 0.109 e. The van der Waals surface area contributed by atoms with Gasteiger partial charge in [-0.1, -0.05) is 35.3 Å². The molecule has 2 nitrogen and oxygen atoms in total. The van der Waals surface area contributed by atoms with Crippen molar-refractivity contribution in [2.45, 2.75) is 6.04 Å². The van der Waals surface area contributed by atoms with Gasteiger partial charge in [-0.25, -0.2) is 4.39 Å². The molecule has 1 aliphatic heterocycles. The first-order chi connectivity index (χ1) is 8.24. The number of nitrogens with one attached hydrogen (secondary N) is 1. The molecule has 102 valence electrons. The monoisotopic (exact) mass is 312 g/mol. The van der Waals surface area contributed by atoms with E-state index in [1.54, 1.807) is 6.07 Å². The van der Waals surface area contributed by atoms with Gasteiger partial charge in [-0.15, -0.1) is 12.4 Å². The summed E-state index contributed by atoms with van der Waals surface area (Å²) in [6.07, 6.45) is 0. The summed E-state index contributed by atoms with van der Waals surface area (Å²) >= 11 is 12.1. The highest BCUT2D eigenvalue weighted by molar-refractivity contribution is 6.42. The molecule has 2 rings (SSSR count). The fraction of sp³-hybridized carbons (Fsp3) is 0.500. The number of halogens is 4. The molecule has 0 aromatic heterocycles. The largest absolute Gasteiger partial charge is 0.314 e. The molecule has 18 heavy (non-hydrogen) atoms. The van der Waals surface area contributed by atoms with Crippen molar-refractivity contribution in [2.75, 3.05) is 32.9 Å². The second-order valence-electron chi connectivity index (χ2n) is 4.10. The smallest absolute Gasteiger partial charge is 0.109 e. The number of nitrogens with zero attached hydrogens (tertiary/aromatic N) is 1. The van der Waals surface area contributed by atoms with Crippen LogP contribution in [0.15, 0.2) is 18.2 Å². The molecular weight excluding hydrogens is 298 g/mol. The maximum atomic E-state index is 13.3. The average molecular weight is 314 g/mol. The molecule has 0 spiro atoms. The Labute approximate surface area is 123 Å². The minimum absolute atomic E-state index is 0. The van der Waals surface area contributed by atoms with Crippen molar-refractivity contribution in [2.24, 2.45) is 0 Å². The summed E-state index contributed by atoms with van der Waals surface area (Å²) in [7, 11) is 0. The Morgan fingerprint density at radius 3 is 2.56 bits per heavy atom. The predicted octanol–water partition coefficient (Wildman–Crippen LogP) is 3.33. The van der Waals surface area contributed by atoms with Crippen LogP contribution in [0.25, 0.3) is 0 Å². The normalized spacial score (nSPS) is 18.2. The molecule has 0 unspecified atom stereocenters. The molecule has 1 N–H and O–H groups in total. The van der Waals surface area contributed by atoms with Gasteiger partial charge in [-0.3, -0.25) is 4.90 Å². The molecule has 6 heteroatoms. The Bertz CT molecular complexity index is 384. The van der Waals surface area contributed by atoms with Crippen LogP contribution in [0.5, 0.6) is 0 Å². The lowest BCUT2D eigenvalue weighted by molar-refractivity contribution is 0.147. The average Bonchev–Trinajstić information content (AvgIpc) is 2.37. The topological polar surface area (TPSA) is 15.3 Å². The van der Waals surface area contributed by atoms with E-state index < -0.39 is 6.67 Å². The molecular formula is C12H16Cl3FN2. The lowest BCUT2D eigenvalue weighted by Crippen LogP contribution is -2.45. The van der Waals surface area contributed by atoms with E-state index >= 15 is 0 Å². The third-order valence-corrected chi connectivity index (χ3v) is 3.91. The highest BCUT2D eigenvalue weighted by Crippen LogP contribution is 2.33. The van der Waals surface area contributed by atoms with Gasteiger partial charge in [0.15, 0.2) is 0 Å². The van der Waals surface area contributed by atoms with Gasteiger partial charge >= 0.3 is 0 Å². The molecule has 1 aromatic rings. The first kappa shape index (κ1) is 16.0. The predicted molar refractivity (Wildman–Crippen MR) is 76.9 cm³/mol. The van der Waals surface area contributed by atoms with Crippen molar-refractivity contribution in [3.63, 3.8) is 0 Å². The summed E-state index contributed by atoms with van der Waals surface area (Å²) in [4.78, 5) is 2.11. The van der Waals surface area contributed by atoms with E-state index in [2.05, 4.69) is 10.2 Å². The third-order valence-electron chi connectivity index (χ3n) is 3.08. The zero-order valence-electron chi connectivity index (χ0n) is 9.83. The van der Waals surface area contributed by atoms with E-state index in [1.807, 2.05) is 12.1 Å². The lowest BCUT2D eigenvalue weighted by Gasteiger charge is -2.34. The summed E-state index contributed by atoms with van der Waals surface area (Å²) in [5, 5.41) is 4.20. The van der Waals surface area contributed by atoms with Gasteiger partial charge in [0.2, 0.25) is 0 Å². The Morgan fingerprint density at radius 2 is 1.94 bits per heavy atom. The molecule has 1 saturated heterocycles. The van der Waals surface area contributed by atoms with Crippen LogP contribution in [0.2, 0.25) is 10.0 Å². The summed E-state index contributed by atoms with van der Waals surface area (Å²) in [6, 6.07) is 5.10. The van der Waals surface area contributed by atoms with Crippen molar-refractivity contribution in [1.29, 1.82) is 0 Å². The molecule has 1 aliphatic rings. The van der Waals surface area contributed by atoms with Gasteiger partial charge in [0.05, 0.1) is 16.1 Å². The highest BCUT2D eigenvalue weighted by Gasteiger charge is 2.24. The molecule has 0 saturated carbocycles. The van der Waals surface area contributed by atoms with Crippen LogP contribution in [0.3, 0.4) is 0 Å². The van der Waals surface area contributed by atoms with E-state index in [-0.39, 0.29) is 18.4 Å². The molecule has 0 amide bonds. The van der Waals surface area contributed by atoms with Gasteiger partial charge in [0.25, 0.3) is 0 Å². The number of rotatable bonds is 3. The van der Waals surface area contributed by atoms with Crippen molar-refractivity contribution >= 4 is 35.6 Å². The lowest BCUT2D eigenvalue weighted by atomic mass is 10.1. The third kappa shape index (κ3) is 3.49. The highest BCUT2D eigenvalue weighted by atomic mass is 35.5. The fourth-order valence-electron chi connectivity index (χ4n) is 2.15.